The SMILES string of the molecule is C=C(C)[C@@H]1CC[C@]2(NCCC3(O)CCC(S(C)(=O)=O)CC3)CC[C@]3(C)[C@H](CC[C@@H]4[C@@]5(C)CC=C(C6=CC[C@@](COc7ncccc7C#N)(C(=O)OCOC(=O)CCCCCCCCCCC)CC6)C(C)(C)[C@@H]5CC[C@]43C)[C@@H]12. The maximum Gasteiger partial charge on any atom is 0.318 e. The molecule has 0 saturated heterocycles. The van der Waals surface area contributed by atoms with E-state index in [0.717, 1.165) is 51.5 Å². The van der Waals surface area contributed by atoms with Gasteiger partial charge in [0, 0.05) is 24.4 Å². The zero-order valence-electron chi connectivity index (χ0n) is 48.9. The number of carbonyl (C=O) groups is 2. The van der Waals surface area contributed by atoms with Crippen LogP contribution in [-0.4, -0.2) is 73.0 Å². The molecule has 12 heteroatoms. The number of unbranched alkanes of at least 4 members (excludes halogenated alkanes) is 8. The third-order valence-corrected chi connectivity index (χ3v) is 24.5. The first-order valence-corrected chi connectivity index (χ1v) is 32.5. The Bertz CT molecular complexity index is 2510. The fourth-order valence-electron chi connectivity index (χ4n) is 18.2. The highest BCUT2D eigenvalue weighted by Gasteiger charge is 2.70. The summed E-state index contributed by atoms with van der Waals surface area (Å²) in [5, 5.41) is 25.4. The predicted molar refractivity (Wildman–Crippen MR) is 305 cm³/mol. The van der Waals surface area contributed by atoms with Crippen LogP contribution >= 0.6 is 0 Å². The molecule has 0 radical (unpaired) electrons. The molecule has 0 bridgehead atoms. The summed E-state index contributed by atoms with van der Waals surface area (Å²) >= 11 is 0. The number of carbonyl (C=O) groups excluding carboxylic acids is 2. The number of aliphatic hydroxyl groups is 1. The first-order valence-electron chi connectivity index (χ1n) is 30.5. The van der Waals surface area contributed by atoms with Gasteiger partial charge in [-0.25, -0.2) is 13.4 Å². The molecule has 0 spiro atoms. The number of nitriles is 1. The Kier molecular flexibility index (Phi) is 18.5. The van der Waals surface area contributed by atoms with E-state index in [0.29, 0.717) is 92.9 Å². The molecular weight excluding hydrogens is 983 g/mol. The molecule has 1 aromatic rings. The average Bonchev–Trinajstić information content (AvgIpc) is 3.86. The minimum Gasteiger partial charge on any atom is -0.475 e. The fraction of sp³-hybridized carbons (Fsp3) is 0.785. The van der Waals surface area contributed by atoms with Gasteiger partial charge in [-0.15, -0.1) is 0 Å². The number of allylic oxidation sites excluding steroid dienone is 5. The molecule has 428 valence electrons. The van der Waals surface area contributed by atoms with Gasteiger partial charge in [0.15, 0.2) is 0 Å². The van der Waals surface area contributed by atoms with Crippen LogP contribution in [0.4, 0.5) is 0 Å². The van der Waals surface area contributed by atoms with Gasteiger partial charge in [-0.2, -0.15) is 5.26 Å². The Hall–Kier alpha value is -3.53. The van der Waals surface area contributed by atoms with Crippen molar-refractivity contribution in [3.63, 3.8) is 0 Å². The Morgan fingerprint density at radius 2 is 1.56 bits per heavy atom. The Labute approximate surface area is 464 Å². The average molecular weight is 1080 g/mol. The molecule has 11 nitrogen and oxygen atoms in total. The summed E-state index contributed by atoms with van der Waals surface area (Å²) in [6.07, 6.45) is 33.4. The van der Waals surface area contributed by atoms with Crippen LogP contribution in [0, 0.1) is 68.0 Å². The fourth-order valence-corrected chi connectivity index (χ4v) is 19.3. The lowest BCUT2D eigenvalue weighted by atomic mass is 9.33. The zero-order chi connectivity index (χ0) is 55.5. The second kappa shape index (κ2) is 23.9. The van der Waals surface area contributed by atoms with Crippen LogP contribution in [-0.2, 0) is 28.9 Å². The lowest BCUT2D eigenvalue weighted by molar-refractivity contribution is -0.221. The first kappa shape index (κ1) is 59.6. The molecule has 5 fully saturated rings. The van der Waals surface area contributed by atoms with Crippen LogP contribution in [0.15, 0.2) is 53.8 Å². The van der Waals surface area contributed by atoms with Crippen LogP contribution in [0.3, 0.4) is 0 Å². The van der Waals surface area contributed by atoms with Crippen LogP contribution in [0.2, 0.25) is 0 Å². The molecule has 1 heterocycles. The number of fused-ring (bicyclic) bond motifs is 7. The third-order valence-electron chi connectivity index (χ3n) is 22.8. The molecule has 10 atom stereocenters. The molecule has 0 amide bonds. The molecular formula is C65H99N3O8S. The van der Waals surface area contributed by atoms with E-state index in [4.69, 9.17) is 14.2 Å². The van der Waals surface area contributed by atoms with Gasteiger partial charge in [0.2, 0.25) is 12.7 Å². The molecule has 77 heavy (non-hydrogen) atoms. The molecule has 2 N–H and O–H groups in total. The van der Waals surface area contributed by atoms with Crippen LogP contribution in [0.25, 0.3) is 0 Å². The summed E-state index contributed by atoms with van der Waals surface area (Å²) in [5.41, 5.74) is 2.86. The minimum atomic E-state index is -3.10. The largest absolute Gasteiger partial charge is 0.475 e. The quantitative estimate of drug-likeness (QED) is 0.0464. The third kappa shape index (κ3) is 12.0. The number of pyridine rings is 1. The van der Waals surface area contributed by atoms with E-state index in [1.807, 2.05) is 0 Å². The molecule has 0 unspecified atom stereocenters. The van der Waals surface area contributed by atoms with Crippen LogP contribution < -0.4 is 10.1 Å². The van der Waals surface area contributed by atoms with Crippen molar-refractivity contribution in [1.29, 1.82) is 5.26 Å². The first-order chi connectivity index (χ1) is 36.5. The number of hydrogen-bond donors (Lipinski definition) is 2. The molecule has 1 aromatic heterocycles. The number of esters is 2. The second-order valence-corrected chi connectivity index (χ2v) is 29.8. The van der Waals surface area contributed by atoms with Crippen molar-refractivity contribution >= 4 is 21.8 Å². The van der Waals surface area contributed by atoms with Gasteiger partial charge >= 0.3 is 11.9 Å². The number of rotatable bonds is 23. The van der Waals surface area contributed by atoms with Gasteiger partial charge in [0.05, 0.1) is 10.9 Å². The Balaban J connectivity index is 0.942. The maximum absolute atomic E-state index is 14.3. The van der Waals surface area contributed by atoms with Gasteiger partial charge < -0.3 is 24.6 Å². The van der Waals surface area contributed by atoms with Gasteiger partial charge in [0.1, 0.15) is 33.5 Å². The van der Waals surface area contributed by atoms with E-state index in [9.17, 15) is 28.4 Å². The predicted octanol–water partition coefficient (Wildman–Crippen LogP) is 14.0. The van der Waals surface area contributed by atoms with E-state index in [2.05, 4.69) is 83.6 Å². The van der Waals surface area contributed by atoms with Crippen LogP contribution in [0.5, 0.6) is 5.88 Å². The lowest BCUT2D eigenvalue weighted by Gasteiger charge is -2.72. The molecule has 7 aliphatic carbocycles. The monoisotopic (exact) mass is 1080 g/mol. The number of hydrogen-bond acceptors (Lipinski definition) is 11. The van der Waals surface area contributed by atoms with Crippen molar-refractivity contribution in [3.05, 3.63) is 59.3 Å². The number of nitrogens with zero attached hydrogens (tertiary/aromatic N) is 2. The summed E-state index contributed by atoms with van der Waals surface area (Å²) in [6, 6.07) is 5.51. The van der Waals surface area contributed by atoms with E-state index < -0.39 is 33.6 Å². The van der Waals surface area contributed by atoms with E-state index in [1.165, 1.54) is 93.6 Å². The second-order valence-electron chi connectivity index (χ2n) is 27.4. The van der Waals surface area contributed by atoms with Gasteiger partial charge in [-0.3, -0.25) is 9.59 Å². The van der Waals surface area contributed by atoms with Crippen molar-refractivity contribution in [1.82, 2.24) is 10.3 Å². The summed E-state index contributed by atoms with van der Waals surface area (Å²) in [7, 11) is -3.10. The molecule has 7 aliphatic rings. The van der Waals surface area contributed by atoms with Crippen molar-refractivity contribution in [2.75, 3.05) is 26.2 Å². The van der Waals surface area contributed by atoms with E-state index >= 15 is 0 Å². The van der Waals surface area contributed by atoms with Gasteiger partial charge in [0.25, 0.3) is 0 Å². The number of aromatic nitrogens is 1. The molecule has 0 aromatic carbocycles. The summed E-state index contributed by atoms with van der Waals surface area (Å²) in [4.78, 5) is 31.3. The smallest absolute Gasteiger partial charge is 0.318 e. The Morgan fingerprint density at radius 1 is 0.844 bits per heavy atom. The summed E-state index contributed by atoms with van der Waals surface area (Å²) in [6.45, 7) is 22.4. The zero-order valence-corrected chi connectivity index (χ0v) is 49.7. The number of ether oxygens (including phenoxy) is 3. The van der Waals surface area contributed by atoms with Crippen molar-refractivity contribution in [2.24, 2.45) is 56.7 Å². The topological polar surface area (TPSA) is 165 Å². The molecule has 8 rings (SSSR count). The Morgan fingerprint density at radius 3 is 2.22 bits per heavy atom. The standard InChI is InChI=1S/C65H99N3O8S/c1-10-11-12-13-14-15-16-17-18-21-55(69)75-45-76-58(70)63(44-74-57-48(43-66)20-19-41-67-57)33-24-47(25-34-63)51-29-31-60(6)53(59(51,4)5)30-32-62(8)54(60)23-22-52-56-50(46(2)3)28-37-65(56,39-38-61(52,62)7)68-42-40-64(71)35-26-49(27-36-64)77(9,72)73/h19-20,24,29,41,49-50,52-54,56,68,71H,2,10-18,21-23,25-28,30-40,42,44-45H2,1,3-9H3/t49?,50-,52+,53-,54+,56+,60-,61+,62+,63+,64?,65-/m0/s1. The van der Waals surface area contributed by atoms with Crippen LogP contribution in [0.1, 0.15) is 227 Å². The highest BCUT2D eigenvalue weighted by Crippen LogP contribution is 2.76. The normalized spacial score (nSPS) is 36.4. The lowest BCUT2D eigenvalue weighted by Crippen LogP contribution is -2.68. The minimum absolute atomic E-state index is 0.0132. The number of sulfone groups is 1. The molecule has 0 aliphatic heterocycles. The highest BCUT2D eigenvalue weighted by molar-refractivity contribution is 7.91. The highest BCUT2D eigenvalue weighted by atomic mass is 32.2. The van der Waals surface area contributed by atoms with E-state index in [-0.39, 0.29) is 50.9 Å². The molecule has 5 saturated carbocycles. The maximum atomic E-state index is 14.3. The summed E-state index contributed by atoms with van der Waals surface area (Å²) in [5.74, 6) is 1.99. The van der Waals surface area contributed by atoms with E-state index in [1.54, 1.807) is 18.3 Å². The number of nitrogens with one attached hydrogen (secondary N) is 1. The van der Waals surface area contributed by atoms with Crippen molar-refractivity contribution in [2.45, 2.75) is 238 Å². The van der Waals surface area contributed by atoms with Crippen molar-refractivity contribution in [3.8, 4) is 11.9 Å². The van der Waals surface area contributed by atoms with Gasteiger partial charge in [-0.05, 0) is 204 Å². The van der Waals surface area contributed by atoms with Crippen molar-refractivity contribution < 1.29 is 37.3 Å². The summed E-state index contributed by atoms with van der Waals surface area (Å²) < 4.78 is 42.1. The van der Waals surface area contributed by atoms with Gasteiger partial charge in [-0.1, -0.05) is 117 Å².